The van der Waals surface area contributed by atoms with Crippen molar-refractivity contribution in [1.29, 1.82) is 0 Å². The van der Waals surface area contributed by atoms with Crippen LogP contribution in [0.15, 0.2) is 29.2 Å². The van der Waals surface area contributed by atoms with Crippen molar-refractivity contribution < 1.29 is 8.42 Å². The quantitative estimate of drug-likeness (QED) is 0.885. The third-order valence-corrected chi connectivity index (χ3v) is 5.74. The van der Waals surface area contributed by atoms with Crippen molar-refractivity contribution in [1.82, 2.24) is 4.98 Å². The Labute approximate surface area is 129 Å². The zero-order chi connectivity index (χ0) is 15.6. The highest BCUT2D eigenvalue weighted by molar-refractivity contribution is 7.93. The highest BCUT2D eigenvalue weighted by atomic mass is 32.2. The summed E-state index contributed by atoms with van der Waals surface area (Å²) in [7, 11) is -3.64. The molecule has 0 bridgehead atoms. The number of sulfonamides is 1. The number of thiazole rings is 1. The second kappa shape index (κ2) is 6.13. The predicted octanol–water partition coefficient (Wildman–Crippen LogP) is 2.97. The molecular weight excluding hydrogens is 306 g/mol. The molecule has 1 atom stereocenters. The van der Waals surface area contributed by atoms with Crippen LogP contribution in [0.1, 0.15) is 35.5 Å². The smallest absolute Gasteiger partial charge is 0.263 e. The average molecular weight is 325 g/mol. The molecule has 0 aliphatic heterocycles. The summed E-state index contributed by atoms with van der Waals surface area (Å²) in [5, 5.41) is 0.384. The Morgan fingerprint density at radius 1 is 1.38 bits per heavy atom. The highest BCUT2D eigenvalue weighted by Crippen LogP contribution is 2.25. The molecule has 0 aliphatic carbocycles. The average Bonchev–Trinajstić information content (AvgIpc) is 2.75. The van der Waals surface area contributed by atoms with Gasteiger partial charge in [0.05, 0.1) is 10.6 Å². The molecule has 1 heterocycles. The molecule has 0 saturated carbocycles. The van der Waals surface area contributed by atoms with E-state index in [0.29, 0.717) is 5.13 Å². The van der Waals surface area contributed by atoms with Gasteiger partial charge in [0.2, 0.25) is 0 Å². The maximum absolute atomic E-state index is 12.4. The molecule has 0 spiro atoms. The fourth-order valence-corrected chi connectivity index (χ4v) is 3.94. The van der Waals surface area contributed by atoms with E-state index < -0.39 is 10.0 Å². The number of hydrogen-bond donors (Lipinski definition) is 2. The van der Waals surface area contributed by atoms with Crippen LogP contribution in [-0.2, 0) is 10.0 Å². The summed E-state index contributed by atoms with van der Waals surface area (Å²) in [4.78, 5) is 5.40. The summed E-state index contributed by atoms with van der Waals surface area (Å²) < 4.78 is 27.3. The minimum atomic E-state index is -3.64. The van der Waals surface area contributed by atoms with Crippen LogP contribution in [0.3, 0.4) is 0 Å². The van der Waals surface area contributed by atoms with Crippen molar-refractivity contribution in [3.05, 3.63) is 40.4 Å². The van der Waals surface area contributed by atoms with Crippen LogP contribution in [-0.4, -0.2) is 13.4 Å². The summed E-state index contributed by atoms with van der Waals surface area (Å²) in [6.07, 6.45) is 0.752. The van der Waals surface area contributed by atoms with E-state index >= 15 is 0 Å². The molecule has 114 valence electrons. The number of anilines is 1. The second-order valence-electron chi connectivity index (χ2n) is 4.85. The SMILES string of the molecule is CCC(N)c1cccc(S(=O)(=O)Nc2nc(C)c(C)s2)c1. The fraction of sp³-hybridized carbons (Fsp3) is 0.357. The largest absolute Gasteiger partial charge is 0.324 e. The van der Waals surface area contributed by atoms with Crippen LogP contribution >= 0.6 is 11.3 Å². The van der Waals surface area contributed by atoms with Crippen molar-refractivity contribution in [3.63, 3.8) is 0 Å². The number of nitrogens with one attached hydrogen (secondary N) is 1. The normalized spacial score (nSPS) is 13.1. The Bertz CT molecular complexity index is 719. The highest BCUT2D eigenvalue weighted by Gasteiger charge is 2.18. The van der Waals surface area contributed by atoms with Gasteiger partial charge in [0.25, 0.3) is 10.0 Å². The molecule has 7 heteroatoms. The number of aryl methyl sites for hydroxylation is 2. The molecule has 1 unspecified atom stereocenters. The van der Waals surface area contributed by atoms with E-state index in [1.807, 2.05) is 26.8 Å². The molecule has 1 aromatic carbocycles. The van der Waals surface area contributed by atoms with Crippen molar-refractivity contribution in [3.8, 4) is 0 Å². The van der Waals surface area contributed by atoms with E-state index in [2.05, 4.69) is 9.71 Å². The summed E-state index contributed by atoms with van der Waals surface area (Å²) in [6.45, 7) is 5.72. The Balaban J connectivity index is 2.31. The van der Waals surface area contributed by atoms with Gasteiger partial charge in [-0.05, 0) is 38.0 Å². The first-order valence-corrected chi connectivity index (χ1v) is 8.96. The Kier molecular flexibility index (Phi) is 4.65. The number of rotatable bonds is 5. The van der Waals surface area contributed by atoms with Crippen molar-refractivity contribution in [2.75, 3.05) is 4.72 Å². The molecule has 2 aromatic rings. The molecule has 0 amide bonds. The Morgan fingerprint density at radius 3 is 2.67 bits per heavy atom. The monoisotopic (exact) mass is 325 g/mol. The van der Waals surface area contributed by atoms with E-state index in [1.54, 1.807) is 18.2 Å². The number of benzene rings is 1. The topological polar surface area (TPSA) is 85.1 Å². The summed E-state index contributed by atoms with van der Waals surface area (Å²) in [6, 6.07) is 6.55. The first-order valence-electron chi connectivity index (χ1n) is 6.66. The van der Waals surface area contributed by atoms with Gasteiger partial charge >= 0.3 is 0 Å². The van der Waals surface area contributed by atoms with Gasteiger partial charge in [-0.1, -0.05) is 19.1 Å². The van der Waals surface area contributed by atoms with E-state index in [9.17, 15) is 8.42 Å². The van der Waals surface area contributed by atoms with Gasteiger partial charge in [0, 0.05) is 10.9 Å². The maximum atomic E-state index is 12.4. The van der Waals surface area contributed by atoms with E-state index in [0.717, 1.165) is 22.6 Å². The lowest BCUT2D eigenvalue weighted by atomic mass is 10.1. The molecule has 5 nitrogen and oxygen atoms in total. The summed E-state index contributed by atoms with van der Waals surface area (Å²) in [5.74, 6) is 0. The summed E-state index contributed by atoms with van der Waals surface area (Å²) in [5.41, 5.74) is 7.60. The van der Waals surface area contributed by atoms with Crippen LogP contribution in [0.4, 0.5) is 5.13 Å². The van der Waals surface area contributed by atoms with Crippen molar-refractivity contribution in [2.24, 2.45) is 5.73 Å². The molecule has 0 fully saturated rings. The van der Waals surface area contributed by atoms with Crippen LogP contribution in [0.2, 0.25) is 0 Å². The van der Waals surface area contributed by atoms with Gasteiger partial charge in [-0.3, -0.25) is 4.72 Å². The number of hydrogen-bond acceptors (Lipinski definition) is 5. The van der Waals surface area contributed by atoms with Gasteiger partial charge in [-0.25, -0.2) is 13.4 Å². The van der Waals surface area contributed by atoms with E-state index in [-0.39, 0.29) is 10.9 Å². The predicted molar refractivity (Wildman–Crippen MR) is 86.1 cm³/mol. The first-order chi connectivity index (χ1) is 9.83. The lowest BCUT2D eigenvalue weighted by Gasteiger charge is -2.11. The van der Waals surface area contributed by atoms with Gasteiger partial charge in [-0.2, -0.15) is 0 Å². The second-order valence-corrected chi connectivity index (χ2v) is 7.74. The van der Waals surface area contributed by atoms with Crippen LogP contribution in [0.5, 0.6) is 0 Å². The molecule has 0 aliphatic rings. The lowest BCUT2D eigenvalue weighted by molar-refractivity contribution is 0.600. The Hall–Kier alpha value is -1.44. The first kappa shape index (κ1) is 15.9. The molecule has 21 heavy (non-hydrogen) atoms. The van der Waals surface area contributed by atoms with Crippen LogP contribution in [0, 0.1) is 13.8 Å². The van der Waals surface area contributed by atoms with Crippen LogP contribution < -0.4 is 10.5 Å². The van der Waals surface area contributed by atoms with E-state index in [4.69, 9.17) is 5.73 Å². The molecule has 0 saturated heterocycles. The maximum Gasteiger partial charge on any atom is 0.263 e. The number of nitrogens with two attached hydrogens (primary N) is 1. The van der Waals surface area contributed by atoms with Gasteiger partial charge in [0.1, 0.15) is 0 Å². The third kappa shape index (κ3) is 3.61. The van der Waals surface area contributed by atoms with Crippen molar-refractivity contribution >= 4 is 26.5 Å². The zero-order valence-electron chi connectivity index (χ0n) is 12.3. The third-order valence-electron chi connectivity index (χ3n) is 3.29. The molecule has 2 rings (SSSR count). The minimum Gasteiger partial charge on any atom is -0.324 e. The number of nitrogens with zero attached hydrogens (tertiary/aromatic N) is 1. The van der Waals surface area contributed by atoms with Gasteiger partial charge in [-0.15, -0.1) is 11.3 Å². The summed E-state index contributed by atoms with van der Waals surface area (Å²) >= 11 is 1.32. The number of aromatic nitrogens is 1. The minimum absolute atomic E-state index is 0.162. The van der Waals surface area contributed by atoms with Gasteiger partial charge < -0.3 is 5.73 Å². The molecular formula is C14H19N3O2S2. The van der Waals surface area contributed by atoms with Gasteiger partial charge in [0.15, 0.2) is 5.13 Å². The fourth-order valence-electron chi connectivity index (χ4n) is 1.84. The lowest BCUT2D eigenvalue weighted by Crippen LogP contribution is -2.14. The van der Waals surface area contributed by atoms with E-state index in [1.165, 1.54) is 11.3 Å². The zero-order valence-corrected chi connectivity index (χ0v) is 13.9. The van der Waals surface area contributed by atoms with Crippen LogP contribution in [0.25, 0.3) is 0 Å². The molecule has 3 N–H and O–H groups in total. The Morgan fingerprint density at radius 2 is 2.10 bits per heavy atom. The standard InChI is InChI=1S/C14H19N3O2S2/c1-4-13(15)11-6-5-7-12(8-11)21(18,19)17-14-16-9(2)10(3)20-14/h5-8,13H,4,15H2,1-3H3,(H,16,17). The molecule has 0 radical (unpaired) electrons. The van der Waals surface area contributed by atoms with Crippen molar-refractivity contribution in [2.45, 2.75) is 38.1 Å². The molecule has 1 aromatic heterocycles.